The molecule has 0 bridgehead atoms. The molecular weight excluding hydrogens is 474 g/mol. The number of methoxy groups -OCH3 is 1. The molecule has 1 aromatic heterocycles. The Balaban J connectivity index is 1.67. The number of aryl methyl sites for hydroxylation is 1. The molecule has 0 N–H and O–H groups in total. The fourth-order valence-corrected chi connectivity index (χ4v) is 5.90. The van der Waals surface area contributed by atoms with Crippen molar-refractivity contribution in [2.24, 2.45) is 0 Å². The van der Waals surface area contributed by atoms with Crippen molar-refractivity contribution in [2.45, 2.75) is 38.5 Å². The molecule has 0 unspecified atom stereocenters. The number of carbonyl (C=O) groups is 1. The average molecular weight is 506 g/mol. The Morgan fingerprint density at radius 2 is 1.88 bits per heavy atom. The largest absolute Gasteiger partial charge is 0.497 e. The molecule has 178 valence electrons. The number of nitrogens with zero attached hydrogens (tertiary/aromatic N) is 3. The molecule has 1 amide bonds. The second-order valence-corrected chi connectivity index (χ2v) is 10.4. The van der Waals surface area contributed by atoms with Gasteiger partial charge in [-0.05, 0) is 74.1 Å². The number of benzene rings is 2. The first-order valence-corrected chi connectivity index (χ1v) is 13.5. The highest BCUT2D eigenvalue weighted by Gasteiger charge is 2.21. The normalized spacial score (nSPS) is 11.3. The lowest BCUT2D eigenvalue weighted by atomic mass is 10.2. The van der Waals surface area contributed by atoms with Gasteiger partial charge in [0.05, 0.1) is 17.3 Å². The Morgan fingerprint density at radius 1 is 1.15 bits per heavy atom. The number of hydrogen-bond acceptors (Lipinski definition) is 6. The number of hydrogen-bond donors (Lipinski definition) is 0. The molecule has 33 heavy (non-hydrogen) atoms. The fourth-order valence-electron chi connectivity index (χ4n) is 3.59. The number of thiazole rings is 1. The molecule has 1 heterocycles. The summed E-state index contributed by atoms with van der Waals surface area (Å²) in [5, 5.41) is 1.46. The Kier molecular flexibility index (Phi) is 9.86. The van der Waals surface area contributed by atoms with Crippen LogP contribution in [0.2, 0.25) is 5.02 Å². The summed E-state index contributed by atoms with van der Waals surface area (Å²) in [6, 6.07) is 11.9. The van der Waals surface area contributed by atoms with Crippen molar-refractivity contribution in [3.63, 3.8) is 0 Å². The van der Waals surface area contributed by atoms with E-state index in [4.69, 9.17) is 21.3 Å². The van der Waals surface area contributed by atoms with Crippen molar-refractivity contribution in [1.29, 1.82) is 0 Å². The molecule has 0 aliphatic heterocycles. The Labute approximate surface area is 210 Å². The quantitative estimate of drug-likeness (QED) is 0.207. The van der Waals surface area contributed by atoms with Gasteiger partial charge in [-0.1, -0.05) is 36.8 Å². The molecule has 0 saturated heterocycles. The summed E-state index contributed by atoms with van der Waals surface area (Å²) in [6.45, 7) is 9.70. The summed E-state index contributed by atoms with van der Waals surface area (Å²) in [5.74, 6) is 1.86. The number of amides is 1. The van der Waals surface area contributed by atoms with Gasteiger partial charge in [-0.25, -0.2) is 4.98 Å². The van der Waals surface area contributed by atoms with Gasteiger partial charge in [-0.2, -0.15) is 0 Å². The van der Waals surface area contributed by atoms with E-state index in [1.807, 2.05) is 36.1 Å². The molecule has 0 aliphatic rings. The second-order valence-electron chi connectivity index (χ2n) is 7.77. The van der Waals surface area contributed by atoms with Crippen LogP contribution in [0.3, 0.4) is 0 Å². The van der Waals surface area contributed by atoms with E-state index in [2.05, 4.69) is 30.9 Å². The molecule has 3 rings (SSSR count). The Hall–Kier alpha value is -1.80. The third-order valence-electron chi connectivity index (χ3n) is 5.57. The van der Waals surface area contributed by atoms with Crippen LogP contribution in [0.1, 0.15) is 32.3 Å². The van der Waals surface area contributed by atoms with Crippen LogP contribution in [0.4, 0.5) is 5.13 Å². The van der Waals surface area contributed by atoms with Gasteiger partial charge >= 0.3 is 0 Å². The van der Waals surface area contributed by atoms with Crippen LogP contribution in [0.15, 0.2) is 41.3 Å². The number of carbonyl (C=O) groups excluding carboxylic acids is 1. The van der Waals surface area contributed by atoms with Crippen LogP contribution in [0, 0.1) is 6.92 Å². The third-order valence-corrected chi connectivity index (χ3v) is 7.91. The molecule has 0 aliphatic carbocycles. The summed E-state index contributed by atoms with van der Waals surface area (Å²) in [6.07, 6.45) is 1.31. The van der Waals surface area contributed by atoms with Gasteiger partial charge in [0.2, 0.25) is 5.91 Å². The first-order chi connectivity index (χ1) is 15.9. The van der Waals surface area contributed by atoms with Gasteiger partial charge in [-0.3, -0.25) is 9.69 Å². The third kappa shape index (κ3) is 7.09. The summed E-state index contributed by atoms with van der Waals surface area (Å²) in [4.78, 5) is 23.5. The van der Waals surface area contributed by atoms with E-state index >= 15 is 0 Å². The van der Waals surface area contributed by atoms with Gasteiger partial charge in [0, 0.05) is 29.4 Å². The summed E-state index contributed by atoms with van der Waals surface area (Å²) >= 11 is 9.55. The zero-order chi connectivity index (χ0) is 23.8. The number of fused-ring (bicyclic) bond motifs is 1. The van der Waals surface area contributed by atoms with Crippen molar-refractivity contribution in [1.82, 2.24) is 9.88 Å². The van der Waals surface area contributed by atoms with E-state index < -0.39 is 0 Å². The number of likely N-dealkylation sites (N-methyl/N-ethyl adjacent to an activating group) is 1. The molecule has 3 aromatic rings. The maximum Gasteiger partial charge on any atom is 0.228 e. The van der Waals surface area contributed by atoms with Crippen LogP contribution < -0.4 is 9.64 Å². The molecule has 0 saturated carbocycles. The minimum atomic E-state index is 0.125. The average Bonchev–Trinajstić information content (AvgIpc) is 3.24. The number of ether oxygens (including phenoxy) is 1. The van der Waals surface area contributed by atoms with E-state index in [0.717, 1.165) is 58.5 Å². The zero-order valence-electron chi connectivity index (χ0n) is 19.8. The van der Waals surface area contributed by atoms with Gasteiger partial charge in [0.1, 0.15) is 5.75 Å². The van der Waals surface area contributed by atoms with Crippen molar-refractivity contribution < 1.29 is 9.53 Å². The van der Waals surface area contributed by atoms with Crippen molar-refractivity contribution in [3.8, 4) is 5.75 Å². The minimum Gasteiger partial charge on any atom is -0.497 e. The fraction of sp³-hybridized carbons (Fsp3) is 0.440. The predicted molar refractivity (Wildman–Crippen MR) is 142 cm³/mol. The number of rotatable bonds is 12. The summed E-state index contributed by atoms with van der Waals surface area (Å²) < 4.78 is 6.23. The monoisotopic (exact) mass is 505 g/mol. The second kappa shape index (κ2) is 12.6. The van der Waals surface area contributed by atoms with Gasteiger partial charge in [-0.15, -0.1) is 11.8 Å². The zero-order valence-corrected chi connectivity index (χ0v) is 22.2. The minimum absolute atomic E-state index is 0.125. The van der Waals surface area contributed by atoms with E-state index in [0.29, 0.717) is 18.0 Å². The highest BCUT2D eigenvalue weighted by molar-refractivity contribution is 7.99. The van der Waals surface area contributed by atoms with Gasteiger partial charge < -0.3 is 9.64 Å². The van der Waals surface area contributed by atoms with E-state index in [-0.39, 0.29) is 5.91 Å². The lowest BCUT2D eigenvalue weighted by molar-refractivity contribution is -0.118. The highest BCUT2D eigenvalue weighted by atomic mass is 35.5. The molecular formula is C25H32ClN3O2S2. The lowest BCUT2D eigenvalue weighted by Gasteiger charge is -2.24. The molecule has 8 heteroatoms. The maximum atomic E-state index is 13.3. The number of aromatic nitrogens is 1. The smallest absolute Gasteiger partial charge is 0.228 e. The Morgan fingerprint density at radius 3 is 2.55 bits per heavy atom. The van der Waals surface area contributed by atoms with Crippen LogP contribution in [0.25, 0.3) is 10.2 Å². The molecule has 5 nitrogen and oxygen atoms in total. The van der Waals surface area contributed by atoms with Crippen LogP contribution in [-0.2, 0) is 4.79 Å². The van der Waals surface area contributed by atoms with Crippen LogP contribution >= 0.6 is 34.7 Å². The summed E-state index contributed by atoms with van der Waals surface area (Å²) in [5.41, 5.74) is 1.96. The Bertz CT molecular complexity index is 1050. The highest BCUT2D eigenvalue weighted by Crippen LogP contribution is 2.33. The van der Waals surface area contributed by atoms with Crippen molar-refractivity contribution >= 4 is 56.0 Å². The van der Waals surface area contributed by atoms with Crippen LogP contribution in [-0.4, -0.2) is 54.8 Å². The lowest BCUT2D eigenvalue weighted by Crippen LogP contribution is -2.38. The van der Waals surface area contributed by atoms with Crippen molar-refractivity contribution in [3.05, 3.63) is 47.0 Å². The standard InChI is InChI=1S/C25H32ClN3O2S2/c1-5-28(6-2)13-14-29(25-27-24-18(3)16-19(26)17-22(24)33-25)23(30)8-7-15-32-21-11-9-20(31-4)10-12-21/h9-12,16-17H,5-8,13-15H2,1-4H3. The molecule has 2 aromatic carbocycles. The summed E-state index contributed by atoms with van der Waals surface area (Å²) in [7, 11) is 1.67. The number of thioether (sulfide) groups is 1. The number of anilines is 1. The topological polar surface area (TPSA) is 45.7 Å². The van der Waals surface area contributed by atoms with Gasteiger partial charge in [0.25, 0.3) is 0 Å². The number of halogens is 1. The maximum absolute atomic E-state index is 13.3. The SMILES string of the molecule is CCN(CC)CCN(C(=O)CCCSc1ccc(OC)cc1)c1nc2c(C)cc(Cl)cc2s1. The van der Waals surface area contributed by atoms with Crippen molar-refractivity contribution in [2.75, 3.05) is 43.9 Å². The predicted octanol–water partition coefficient (Wildman–Crippen LogP) is 6.51. The first kappa shape index (κ1) is 25.8. The molecule has 0 atom stereocenters. The van der Waals surface area contributed by atoms with E-state index in [1.165, 1.54) is 4.90 Å². The van der Waals surface area contributed by atoms with E-state index in [1.54, 1.807) is 30.2 Å². The molecule has 0 fully saturated rings. The molecule has 0 radical (unpaired) electrons. The van der Waals surface area contributed by atoms with Gasteiger partial charge in [0.15, 0.2) is 5.13 Å². The van der Waals surface area contributed by atoms with Crippen LogP contribution in [0.5, 0.6) is 5.75 Å². The van der Waals surface area contributed by atoms with E-state index in [9.17, 15) is 4.79 Å². The molecule has 0 spiro atoms. The first-order valence-electron chi connectivity index (χ1n) is 11.3.